The molecular formula is C31H37N3O6S. The molecule has 0 radical (unpaired) electrons. The Hall–Kier alpha value is -3.28. The Morgan fingerprint density at radius 1 is 0.878 bits per heavy atom. The van der Waals surface area contributed by atoms with Gasteiger partial charge < -0.3 is 19.9 Å². The highest BCUT2D eigenvalue weighted by Crippen LogP contribution is 2.39. The molecule has 41 heavy (non-hydrogen) atoms. The first-order valence-electron chi connectivity index (χ1n) is 13.9. The summed E-state index contributed by atoms with van der Waals surface area (Å²) in [4.78, 5) is 27.8. The summed E-state index contributed by atoms with van der Waals surface area (Å²) in [6, 6.07) is 21.2. The number of anilines is 1. The summed E-state index contributed by atoms with van der Waals surface area (Å²) >= 11 is 1.65. The van der Waals surface area contributed by atoms with Crippen LogP contribution >= 0.6 is 11.8 Å². The summed E-state index contributed by atoms with van der Waals surface area (Å²) in [5.74, 6) is 0.278. The minimum absolute atomic E-state index is 0.00469. The van der Waals surface area contributed by atoms with Crippen molar-refractivity contribution in [2.45, 2.75) is 75.1 Å². The van der Waals surface area contributed by atoms with E-state index < -0.39 is 6.29 Å². The number of benzene rings is 2. The summed E-state index contributed by atoms with van der Waals surface area (Å²) in [5.41, 5.74) is 5.07. The molecule has 4 rings (SSSR count). The number of hydrogen-bond donors (Lipinski definition) is 4. The maximum Gasteiger partial charge on any atom is 0.243 e. The summed E-state index contributed by atoms with van der Waals surface area (Å²) in [7, 11) is 0. The van der Waals surface area contributed by atoms with E-state index in [0.29, 0.717) is 24.9 Å². The molecule has 3 aromatic rings. The molecule has 10 heteroatoms. The highest BCUT2D eigenvalue weighted by molar-refractivity contribution is 7.99. The number of thioether (sulfide) groups is 1. The van der Waals surface area contributed by atoms with Crippen molar-refractivity contribution < 1.29 is 29.4 Å². The first-order chi connectivity index (χ1) is 20.0. The predicted molar refractivity (Wildman–Crippen MR) is 156 cm³/mol. The number of amides is 2. The van der Waals surface area contributed by atoms with Crippen molar-refractivity contribution in [2.75, 3.05) is 11.1 Å². The number of ether oxygens (including phenoxy) is 2. The first kappa shape index (κ1) is 30.7. The average Bonchev–Trinajstić information content (AvgIpc) is 3.02. The number of hydroxylamine groups is 1. The van der Waals surface area contributed by atoms with Crippen LogP contribution in [0.3, 0.4) is 0 Å². The van der Waals surface area contributed by atoms with Crippen LogP contribution in [-0.2, 0) is 25.7 Å². The Morgan fingerprint density at radius 2 is 1.59 bits per heavy atom. The van der Waals surface area contributed by atoms with Crippen LogP contribution in [0.5, 0.6) is 0 Å². The van der Waals surface area contributed by atoms with Gasteiger partial charge in [-0.3, -0.25) is 14.8 Å². The van der Waals surface area contributed by atoms with Crippen LogP contribution in [-0.4, -0.2) is 39.0 Å². The van der Waals surface area contributed by atoms with E-state index in [2.05, 4.69) is 10.3 Å². The summed E-state index contributed by atoms with van der Waals surface area (Å²) in [5, 5.41) is 21.8. The van der Waals surface area contributed by atoms with E-state index in [1.165, 1.54) is 0 Å². The molecule has 1 aliphatic rings. The summed E-state index contributed by atoms with van der Waals surface area (Å²) in [6.07, 6.45) is 5.41. The summed E-state index contributed by atoms with van der Waals surface area (Å²) < 4.78 is 12.8. The Balaban J connectivity index is 1.33. The molecule has 0 aliphatic carbocycles. The minimum atomic E-state index is -0.571. The van der Waals surface area contributed by atoms with Crippen molar-refractivity contribution in [1.29, 1.82) is 0 Å². The lowest BCUT2D eigenvalue weighted by atomic mass is 10.0. The topological polar surface area (TPSA) is 130 Å². The zero-order valence-corrected chi connectivity index (χ0v) is 23.7. The van der Waals surface area contributed by atoms with Gasteiger partial charge >= 0.3 is 0 Å². The smallest absolute Gasteiger partial charge is 0.243 e. The lowest BCUT2D eigenvalue weighted by Crippen LogP contribution is -2.31. The molecule has 1 saturated heterocycles. The zero-order chi connectivity index (χ0) is 28.9. The molecule has 2 amide bonds. The van der Waals surface area contributed by atoms with Crippen molar-refractivity contribution in [1.82, 2.24) is 10.5 Å². The fourth-order valence-corrected chi connectivity index (χ4v) is 5.44. The van der Waals surface area contributed by atoms with Crippen LogP contribution in [0, 0.1) is 0 Å². The molecule has 0 unspecified atom stereocenters. The molecule has 0 bridgehead atoms. The second-order valence-electron chi connectivity index (χ2n) is 9.95. The van der Waals surface area contributed by atoms with E-state index >= 15 is 0 Å². The molecule has 1 aliphatic heterocycles. The number of nitrogens with zero attached hydrogens (tertiary/aromatic N) is 1. The van der Waals surface area contributed by atoms with Crippen molar-refractivity contribution in [3.63, 3.8) is 0 Å². The van der Waals surface area contributed by atoms with E-state index in [1.807, 2.05) is 66.7 Å². The normalized spacial score (nSPS) is 18.5. The van der Waals surface area contributed by atoms with Gasteiger partial charge in [0.25, 0.3) is 0 Å². The van der Waals surface area contributed by atoms with Crippen LogP contribution in [0.25, 0.3) is 0 Å². The van der Waals surface area contributed by atoms with Crippen LogP contribution in [0.1, 0.15) is 74.0 Å². The van der Waals surface area contributed by atoms with E-state index in [-0.39, 0.29) is 37.0 Å². The molecule has 3 atom stereocenters. The molecule has 1 aromatic heterocycles. The van der Waals surface area contributed by atoms with Gasteiger partial charge in [-0.05, 0) is 48.2 Å². The number of unbranched alkanes of at least 4 members (excludes halogenated alkanes) is 3. The zero-order valence-electron chi connectivity index (χ0n) is 22.9. The quantitative estimate of drug-likeness (QED) is 0.0829. The monoisotopic (exact) mass is 579 g/mol. The standard InChI is InChI=1S/C31H37N3O6S/c35-20-22-10-12-23(13-11-22)27-19-26(21-41-30-9-5-6-18-32-30)39-31(40-27)24-14-16-25(17-15-24)33-28(36)7-3-1-2-4-8-29(37)34-38/h5-6,9-18,26-27,31,35,38H,1-4,7-8,19-21H2,(H,33,36)(H,34,37)/t26-,27+,31+/m0/s1. The van der Waals surface area contributed by atoms with Crippen molar-refractivity contribution >= 4 is 29.3 Å². The lowest BCUT2D eigenvalue weighted by molar-refractivity contribution is -0.245. The third kappa shape index (κ3) is 9.94. The van der Waals surface area contributed by atoms with Crippen LogP contribution < -0.4 is 10.8 Å². The van der Waals surface area contributed by atoms with Gasteiger partial charge in [-0.15, -0.1) is 11.8 Å². The van der Waals surface area contributed by atoms with Gasteiger partial charge in [-0.25, -0.2) is 10.5 Å². The van der Waals surface area contributed by atoms with Gasteiger partial charge in [0.15, 0.2) is 6.29 Å². The van der Waals surface area contributed by atoms with Crippen LogP contribution in [0.2, 0.25) is 0 Å². The Kier molecular flexibility index (Phi) is 12.1. The third-order valence-electron chi connectivity index (χ3n) is 6.82. The van der Waals surface area contributed by atoms with Gasteiger partial charge in [0.05, 0.1) is 23.8 Å². The van der Waals surface area contributed by atoms with Crippen molar-refractivity contribution in [2.24, 2.45) is 0 Å². The number of pyridine rings is 1. The molecular weight excluding hydrogens is 542 g/mol. The molecule has 9 nitrogen and oxygen atoms in total. The first-order valence-corrected chi connectivity index (χ1v) is 14.9. The summed E-state index contributed by atoms with van der Waals surface area (Å²) in [6.45, 7) is -0.00469. The number of nitrogens with one attached hydrogen (secondary N) is 2. The molecule has 1 fully saturated rings. The van der Waals surface area contributed by atoms with Crippen LogP contribution in [0.4, 0.5) is 5.69 Å². The van der Waals surface area contributed by atoms with Gasteiger partial charge in [-0.2, -0.15) is 0 Å². The van der Waals surface area contributed by atoms with E-state index in [0.717, 1.165) is 46.7 Å². The SMILES string of the molecule is O=C(CCCCCCC(=O)Nc1ccc([C@@H]2O[C@H](CSc3ccccn3)C[C@H](c3ccc(CO)cc3)O2)cc1)NO. The highest BCUT2D eigenvalue weighted by Gasteiger charge is 2.32. The van der Waals surface area contributed by atoms with Gasteiger partial charge in [0.1, 0.15) is 0 Å². The van der Waals surface area contributed by atoms with Gasteiger partial charge in [0, 0.05) is 42.5 Å². The van der Waals surface area contributed by atoms with E-state index in [9.17, 15) is 14.7 Å². The minimum Gasteiger partial charge on any atom is -0.392 e. The largest absolute Gasteiger partial charge is 0.392 e. The number of carbonyl (C=O) groups excluding carboxylic acids is 2. The molecule has 0 saturated carbocycles. The maximum atomic E-state index is 12.4. The molecule has 218 valence electrons. The molecule has 2 heterocycles. The Labute approximate surface area is 244 Å². The van der Waals surface area contributed by atoms with Crippen LogP contribution in [0.15, 0.2) is 78.0 Å². The second kappa shape index (κ2) is 16.2. The number of aliphatic hydroxyl groups is 1. The predicted octanol–water partition coefficient (Wildman–Crippen LogP) is 5.70. The number of carbonyl (C=O) groups is 2. The van der Waals surface area contributed by atoms with E-state index in [4.69, 9.17) is 14.7 Å². The maximum absolute atomic E-state index is 12.4. The Bertz CT molecular complexity index is 1230. The van der Waals surface area contributed by atoms with E-state index in [1.54, 1.807) is 23.4 Å². The van der Waals surface area contributed by atoms with Gasteiger partial charge in [-0.1, -0.05) is 55.3 Å². The highest BCUT2D eigenvalue weighted by atomic mass is 32.2. The number of aliphatic hydroxyl groups excluding tert-OH is 1. The fraction of sp³-hybridized carbons (Fsp3) is 0.387. The Morgan fingerprint density at radius 3 is 2.24 bits per heavy atom. The van der Waals surface area contributed by atoms with Gasteiger partial charge in [0.2, 0.25) is 11.8 Å². The molecule has 2 aromatic carbocycles. The lowest BCUT2D eigenvalue weighted by Gasteiger charge is -2.36. The average molecular weight is 580 g/mol. The van der Waals surface area contributed by atoms with Crippen molar-refractivity contribution in [3.8, 4) is 0 Å². The van der Waals surface area contributed by atoms with Crippen molar-refractivity contribution in [3.05, 3.63) is 89.6 Å². The number of aromatic nitrogens is 1. The molecule has 4 N–H and O–H groups in total. The second-order valence-corrected chi connectivity index (χ2v) is 11.0. The molecule has 0 spiro atoms. The number of rotatable bonds is 14. The fourth-order valence-electron chi connectivity index (χ4n) is 4.56. The number of hydrogen-bond acceptors (Lipinski definition) is 8. The third-order valence-corrected chi connectivity index (χ3v) is 7.89.